The van der Waals surface area contributed by atoms with Gasteiger partial charge in [-0.2, -0.15) is 0 Å². The first-order valence-electron chi connectivity index (χ1n) is 9.34. The fourth-order valence-corrected chi connectivity index (χ4v) is 6.18. The van der Waals surface area contributed by atoms with E-state index < -0.39 is 28.7 Å². The van der Waals surface area contributed by atoms with E-state index in [-0.39, 0.29) is 12.4 Å². The van der Waals surface area contributed by atoms with E-state index in [0.29, 0.717) is 27.8 Å². The molecular formula is C22H18Br2O5. The lowest BCUT2D eigenvalue weighted by Gasteiger charge is -2.23. The summed E-state index contributed by atoms with van der Waals surface area (Å²) in [5, 5.41) is 0. The second-order valence-corrected chi connectivity index (χ2v) is 8.95. The lowest BCUT2D eigenvalue weighted by molar-refractivity contribution is -0.162. The van der Waals surface area contributed by atoms with Crippen LogP contribution in [0.5, 0.6) is 5.75 Å². The number of carbonyl (C=O) groups is 3. The van der Waals surface area contributed by atoms with Crippen LogP contribution in [0.15, 0.2) is 51.4 Å². The minimum absolute atomic E-state index is 0.106. The number of fused-ring (bicyclic) bond motifs is 3. The average molecular weight is 522 g/mol. The van der Waals surface area contributed by atoms with Crippen molar-refractivity contribution in [2.75, 3.05) is 6.61 Å². The number of ketones is 1. The van der Waals surface area contributed by atoms with Crippen LogP contribution < -0.4 is 4.74 Å². The molecule has 1 aliphatic carbocycles. The third-order valence-corrected chi connectivity index (χ3v) is 7.05. The largest absolute Gasteiger partial charge is 0.465 e. The monoisotopic (exact) mass is 520 g/mol. The summed E-state index contributed by atoms with van der Waals surface area (Å²) < 4.78 is 12.3. The number of Topliss-reactive ketones (excluding diaryl/α,β-unsaturated/α-hetero) is 1. The van der Waals surface area contributed by atoms with Gasteiger partial charge in [0.1, 0.15) is 5.75 Å². The lowest BCUT2D eigenvalue weighted by atomic mass is 9.83. The number of halogens is 2. The molecule has 0 amide bonds. The molecule has 1 saturated carbocycles. The number of hydrogen-bond donors (Lipinski definition) is 0. The van der Waals surface area contributed by atoms with Gasteiger partial charge in [0.05, 0.1) is 16.5 Å². The molecule has 0 aromatic heterocycles. The summed E-state index contributed by atoms with van der Waals surface area (Å²) in [5.41, 5.74) is -1.85. The Bertz CT molecular complexity index is 1030. The molecule has 0 bridgehead atoms. The zero-order valence-electron chi connectivity index (χ0n) is 15.8. The van der Waals surface area contributed by atoms with Crippen molar-refractivity contribution in [3.05, 3.63) is 62.5 Å². The fourth-order valence-electron chi connectivity index (χ4n) is 4.84. The molecule has 1 aliphatic heterocycles. The molecule has 0 spiro atoms. The smallest absolute Gasteiger partial charge is 0.330 e. The van der Waals surface area contributed by atoms with Crippen LogP contribution in [0.3, 0.4) is 0 Å². The van der Waals surface area contributed by atoms with Crippen LogP contribution in [-0.4, -0.2) is 24.3 Å². The highest BCUT2D eigenvalue weighted by Crippen LogP contribution is 2.80. The summed E-state index contributed by atoms with van der Waals surface area (Å²) in [5.74, 6) is -2.00. The third-order valence-electron chi connectivity index (χ3n) is 6.01. The van der Waals surface area contributed by atoms with Crippen molar-refractivity contribution >= 4 is 49.6 Å². The highest BCUT2D eigenvalue weighted by Gasteiger charge is 2.90. The van der Waals surface area contributed by atoms with E-state index in [9.17, 15) is 14.4 Å². The van der Waals surface area contributed by atoms with Crippen LogP contribution in [0, 0.1) is 10.8 Å². The molecule has 150 valence electrons. The first-order chi connectivity index (χ1) is 13.9. The third kappa shape index (κ3) is 2.53. The Hall–Kier alpha value is -1.99. The Kier molecular flexibility index (Phi) is 4.94. The minimum atomic E-state index is -1.68. The highest BCUT2D eigenvalue weighted by atomic mass is 79.9. The Labute approximate surface area is 185 Å². The molecule has 0 unspecified atom stereocenters. The van der Waals surface area contributed by atoms with Crippen molar-refractivity contribution in [1.29, 1.82) is 0 Å². The molecule has 1 fully saturated rings. The van der Waals surface area contributed by atoms with Gasteiger partial charge < -0.3 is 9.47 Å². The van der Waals surface area contributed by atoms with Crippen molar-refractivity contribution in [2.24, 2.45) is 10.8 Å². The molecular weight excluding hydrogens is 504 g/mol. The van der Waals surface area contributed by atoms with E-state index in [4.69, 9.17) is 9.47 Å². The van der Waals surface area contributed by atoms with Gasteiger partial charge >= 0.3 is 11.9 Å². The van der Waals surface area contributed by atoms with Crippen molar-refractivity contribution < 1.29 is 23.9 Å². The van der Waals surface area contributed by atoms with Crippen molar-refractivity contribution in [2.45, 2.75) is 26.2 Å². The number of carbonyl (C=O) groups excluding carboxylic acids is 3. The molecule has 7 heteroatoms. The summed E-state index contributed by atoms with van der Waals surface area (Å²) in [7, 11) is 0. The predicted molar refractivity (Wildman–Crippen MR) is 113 cm³/mol. The standard InChI is InChI=1S/C22H18Br2O5/c1-3-21(18(25)12-8-6-5-7-9-12)17-14-10-13(23)11-15(24)16(14)29-20(27)22(17,21)19(26)28-4-2/h5-11,17H,3-4H2,1-2H3/t17-,21-,22+/m1/s1. The van der Waals surface area contributed by atoms with Gasteiger partial charge in [0, 0.05) is 21.5 Å². The maximum Gasteiger partial charge on any atom is 0.330 e. The molecule has 4 rings (SSSR count). The number of esters is 2. The van der Waals surface area contributed by atoms with Gasteiger partial charge in [-0.25, -0.2) is 0 Å². The van der Waals surface area contributed by atoms with E-state index >= 15 is 0 Å². The minimum Gasteiger partial charge on any atom is -0.465 e. The number of hydrogen-bond acceptors (Lipinski definition) is 5. The van der Waals surface area contributed by atoms with Crippen LogP contribution in [0.1, 0.15) is 42.1 Å². The Balaban J connectivity index is 1.98. The first kappa shape index (κ1) is 20.3. The topological polar surface area (TPSA) is 69.7 Å². The summed E-state index contributed by atoms with van der Waals surface area (Å²) >= 11 is 6.88. The SMILES string of the molecule is CCOC(=O)[C@]12C(=O)Oc3c(Br)cc(Br)cc3[C@@H]1[C@]2(CC)C(=O)c1ccccc1. The van der Waals surface area contributed by atoms with Gasteiger partial charge in [0.25, 0.3) is 0 Å². The van der Waals surface area contributed by atoms with Crippen LogP contribution in [0.25, 0.3) is 0 Å². The quantitative estimate of drug-likeness (QED) is 0.238. The molecule has 0 N–H and O–H groups in total. The number of benzene rings is 2. The van der Waals surface area contributed by atoms with E-state index in [1.54, 1.807) is 43.3 Å². The average Bonchev–Trinajstić information content (AvgIpc) is 3.36. The molecule has 5 nitrogen and oxygen atoms in total. The maximum absolute atomic E-state index is 13.7. The molecule has 2 aliphatic rings. The van der Waals surface area contributed by atoms with Crippen LogP contribution in [-0.2, 0) is 14.3 Å². The molecule has 1 heterocycles. The second kappa shape index (κ2) is 7.06. The Morgan fingerprint density at radius 2 is 1.83 bits per heavy atom. The highest BCUT2D eigenvalue weighted by molar-refractivity contribution is 9.11. The predicted octanol–water partition coefficient (Wildman–Crippen LogP) is 5.06. The van der Waals surface area contributed by atoms with Crippen molar-refractivity contribution in [3.63, 3.8) is 0 Å². The first-order valence-corrected chi connectivity index (χ1v) is 10.9. The van der Waals surface area contributed by atoms with Gasteiger partial charge in [-0.05, 0) is 41.4 Å². The van der Waals surface area contributed by atoms with Crippen molar-refractivity contribution in [3.8, 4) is 5.75 Å². The number of ether oxygens (including phenoxy) is 2. The Morgan fingerprint density at radius 1 is 1.14 bits per heavy atom. The molecule has 2 aromatic rings. The van der Waals surface area contributed by atoms with E-state index in [1.165, 1.54) is 0 Å². The normalized spacial score (nSPS) is 26.8. The van der Waals surface area contributed by atoms with E-state index in [2.05, 4.69) is 31.9 Å². The Morgan fingerprint density at radius 3 is 2.45 bits per heavy atom. The van der Waals surface area contributed by atoms with Crippen LogP contribution in [0.4, 0.5) is 0 Å². The van der Waals surface area contributed by atoms with Gasteiger partial charge in [-0.3, -0.25) is 14.4 Å². The molecule has 0 radical (unpaired) electrons. The summed E-state index contributed by atoms with van der Waals surface area (Å²) in [6.45, 7) is 3.60. The van der Waals surface area contributed by atoms with E-state index in [0.717, 1.165) is 4.47 Å². The molecule has 2 aromatic carbocycles. The fraction of sp³-hybridized carbons (Fsp3) is 0.318. The lowest BCUT2D eigenvalue weighted by Crippen LogP contribution is -2.40. The summed E-state index contributed by atoms with van der Waals surface area (Å²) in [6, 6.07) is 12.3. The van der Waals surface area contributed by atoms with Crippen LogP contribution in [0.2, 0.25) is 0 Å². The summed E-state index contributed by atoms with van der Waals surface area (Å²) in [4.78, 5) is 40.2. The van der Waals surface area contributed by atoms with Gasteiger partial charge in [-0.1, -0.05) is 53.2 Å². The van der Waals surface area contributed by atoms with Gasteiger partial charge in [-0.15, -0.1) is 0 Å². The summed E-state index contributed by atoms with van der Waals surface area (Å²) in [6.07, 6.45) is 0.295. The molecule has 0 saturated heterocycles. The van der Waals surface area contributed by atoms with E-state index in [1.807, 2.05) is 13.0 Å². The zero-order valence-corrected chi connectivity index (χ0v) is 19.0. The second-order valence-electron chi connectivity index (χ2n) is 7.18. The molecule has 29 heavy (non-hydrogen) atoms. The van der Waals surface area contributed by atoms with Crippen LogP contribution >= 0.6 is 31.9 Å². The van der Waals surface area contributed by atoms with Gasteiger partial charge in [0.15, 0.2) is 11.2 Å². The number of rotatable bonds is 5. The maximum atomic E-state index is 13.7. The van der Waals surface area contributed by atoms with Crippen molar-refractivity contribution in [1.82, 2.24) is 0 Å². The van der Waals surface area contributed by atoms with Gasteiger partial charge in [0.2, 0.25) is 0 Å². The molecule has 3 atom stereocenters. The zero-order chi connectivity index (χ0) is 21.0.